The minimum Gasteiger partial charge on any atom is -0.378 e. The maximum Gasteiger partial charge on any atom is 0.138 e. The minimum absolute atomic E-state index is 0.313. The number of hydrogen-bond acceptors (Lipinski definition) is 6. The van der Waals surface area contributed by atoms with Gasteiger partial charge >= 0.3 is 0 Å². The van der Waals surface area contributed by atoms with Crippen LogP contribution in [0.5, 0.6) is 0 Å². The standard InChI is InChI=1S/C26H34N6O/c1-19-6-5-11-27-26(19)23-8-3-7-22(29(23)2)21-16-32-24(28-21)9-4-10-25(32)31-14-12-30(13-15-31)20-17-33-18-20/h4-6,9-11,16,20,22-23H,3,7-8,12-15,17-18H2,1-2H3. The average molecular weight is 447 g/mol. The van der Waals surface area contributed by atoms with Crippen LogP contribution < -0.4 is 4.90 Å². The molecular weight excluding hydrogens is 412 g/mol. The molecule has 3 aliphatic heterocycles. The molecule has 0 saturated carbocycles. The van der Waals surface area contributed by atoms with Gasteiger partial charge in [0.05, 0.1) is 42.7 Å². The number of rotatable bonds is 4. The molecule has 3 aliphatic rings. The molecule has 3 fully saturated rings. The fourth-order valence-corrected chi connectivity index (χ4v) is 5.85. The predicted octanol–water partition coefficient (Wildman–Crippen LogP) is 3.46. The molecule has 3 aromatic heterocycles. The largest absolute Gasteiger partial charge is 0.378 e. The zero-order chi connectivity index (χ0) is 22.4. The number of ether oxygens (including phenoxy) is 1. The molecule has 0 radical (unpaired) electrons. The predicted molar refractivity (Wildman–Crippen MR) is 130 cm³/mol. The van der Waals surface area contributed by atoms with Crippen molar-refractivity contribution in [1.29, 1.82) is 0 Å². The van der Waals surface area contributed by atoms with Crippen LogP contribution >= 0.6 is 0 Å². The Labute approximate surface area is 196 Å². The number of aryl methyl sites for hydroxylation is 1. The Morgan fingerprint density at radius 1 is 0.970 bits per heavy atom. The highest BCUT2D eigenvalue weighted by atomic mass is 16.5. The first kappa shape index (κ1) is 21.1. The molecule has 174 valence electrons. The number of likely N-dealkylation sites (tertiary alicyclic amines) is 1. The van der Waals surface area contributed by atoms with E-state index in [9.17, 15) is 0 Å². The highest BCUT2D eigenvalue weighted by Gasteiger charge is 2.33. The van der Waals surface area contributed by atoms with Gasteiger partial charge in [-0.15, -0.1) is 0 Å². The van der Waals surface area contributed by atoms with Gasteiger partial charge in [-0.1, -0.05) is 12.1 Å². The summed E-state index contributed by atoms with van der Waals surface area (Å²) in [6, 6.07) is 12.0. The molecular formula is C26H34N6O. The van der Waals surface area contributed by atoms with Gasteiger partial charge < -0.3 is 9.64 Å². The molecule has 3 aromatic rings. The quantitative estimate of drug-likeness (QED) is 0.612. The fraction of sp³-hybridized carbons (Fsp3) is 0.538. The van der Waals surface area contributed by atoms with Gasteiger partial charge in [-0.25, -0.2) is 4.98 Å². The number of piperidine rings is 1. The van der Waals surface area contributed by atoms with Crippen molar-refractivity contribution in [3.05, 3.63) is 59.7 Å². The van der Waals surface area contributed by atoms with Gasteiger partial charge in [-0.2, -0.15) is 0 Å². The second-order valence-corrected chi connectivity index (χ2v) is 9.83. The van der Waals surface area contributed by atoms with Crippen molar-refractivity contribution in [3.8, 4) is 0 Å². The Hall–Kier alpha value is -2.48. The summed E-state index contributed by atoms with van der Waals surface area (Å²) in [6.07, 6.45) is 7.70. The van der Waals surface area contributed by atoms with Crippen molar-refractivity contribution >= 4 is 11.5 Å². The Bertz CT molecular complexity index is 1120. The van der Waals surface area contributed by atoms with E-state index >= 15 is 0 Å². The zero-order valence-corrected chi connectivity index (χ0v) is 19.7. The molecule has 0 amide bonds. The van der Waals surface area contributed by atoms with Crippen molar-refractivity contribution in [2.75, 3.05) is 51.3 Å². The lowest BCUT2D eigenvalue weighted by Gasteiger charge is -2.43. The molecule has 6 rings (SSSR count). The van der Waals surface area contributed by atoms with Gasteiger partial charge in [0.25, 0.3) is 0 Å². The maximum atomic E-state index is 5.39. The van der Waals surface area contributed by atoms with E-state index in [1.807, 2.05) is 12.3 Å². The average Bonchev–Trinajstić information content (AvgIpc) is 3.23. The van der Waals surface area contributed by atoms with Crippen molar-refractivity contribution in [3.63, 3.8) is 0 Å². The molecule has 33 heavy (non-hydrogen) atoms. The molecule has 0 aliphatic carbocycles. The molecule has 0 aromatic carbocycles. The van der Waals surface area contributed by atoms with E-state index in [2.05, 4.69) is 63.5 Å². The van der Waals surface area contributed by atoms with Crippen LogP contribution in [0.1, 0.15) is 48.3 Å². The van der Waals surface area contributed by atoms with E-state index in [0.29, 0.717) is 18.1 Å². The minimum atomic E-state index is 0.313. The number of aromatic nitrogens is 3. The van der Waals surface area contributed by atoms with Crippen molar-refractivity contribution in [2.24, 2.45) is 0 Å². The number of fused-ring (bicyclic) bond motifs is 1. The number of piperazine rings is 1. The van der Waals surface area contributed by atoms with Crippen LogP contribution in [0.15, 0.2) is 42.7 Å². The molecule has 2 atom stereocenters. The van der Waals surface area contributed by atoms with Gasteiger partial charge in [0.15, 0.2) is 0 Å². The van der Waals surface area contributed by atoms with E-state index in [1.54, 1.807) is 0 Å². The Kier molecular flexibility index (Phi) is 5.56. The summed E-state index contributed by atoms with van der Waals surface area (Å²) < 4.78 is 7.70. The second-order valence-electron chi connectivity index (χ2n) is 9.83. The SMILES string of the molecule is Cc1cccnc1C1CCCC(c2cn3c(N4CCN(C5COC5)CC4)cccc3n2)N1C. The van der Waals surface area contributed by atoms with E-state index < -0.39 is 0 Å². The first-order chi connectivity index (χ1) is 16.2. The lowest BCUT2D eigenvalue weighted by atomic mass is 9.91. The molecule has 0 N–H and O–H groups in total. The topological polar surface area (TPSA) is 49.1 Å². The van der Waals surface area contributed by atoms with Gasteiger partial charge in [0.2, 0.25) is 0 Å². The van der Waals surface area contributed by atoms with Crippen molar-refractivity contribution < 1.29 is 4.74 Å². The van der Waals surface area contributed by atoms with Crippen LogP contribution in [-0.2, 0) is 4.74 Å². The van der Waals surface area contributed by atoms with E-state index in [0.717, 1.165) is 57.9 Å². The maximum absolute atomic E-state index is 5.39. The van der Waals surface area contributed by atoms with Gasteiger partial charge in [0.1, 0.15) is 11.5 Å². The number of imidazole rings is 1. The van der Waals surface area contributed by atoms with Crippen LogP contribution in [0, 0.1) is 6.92 Å². The monoisotopic (exact) mass is 446 g/mol. The van der Waals surface area contributed by atoms with Crippen LogP contribution in [0.25, 0.3) is 5.65 Å². The summed E-state index contributed by atoms with van der Waals surface area (Å²) in [6.45, 7) is 8.27. The van der Waals surface area contributed by atoms with Gasteiger partial charge in [0, 0.05) is 38.6 Å². The summed E-state index contributed by atoms with van der Waals surface area (Å²) >= 11 is 0. The van der Waals surface area contributed by atoms with Crippen molar-refractivity contribution in [1.82, 2.24) is 24.2 Å². The second kappa shape index (κ2) is 8.70. The number of hydrogen-bond donors (Lipinski definition) is 0. The van der Waals surface area contributed by atoms with Crippen LogP contribution in [0.4, 0.5) is 5.82 Å². The third kappa shape index (κ3) is 3.82. The molecule has 7 nitrogen and oxygen atoms in total. The number of pyridine rings is 2. The third-order valence-corrected chi connectivity index (χ3v) is 7.91. The molecule has 6 heterocycles. The Morgan fingerprint density at radius 2 is 1.79 bits per heavy atom. The normalized spacial score (nSPS) is 25.5. The zero-order valence-electron chi connectivity index (χ0n) is 19.7. The molecule has 3 saturated heterocycles. The molecule has 2 unspecified atom stereocenters. The highest BCUT2D eigenvalue weighted by molar-refractivity contribution is 5.53. The van der Waals surface area contributed by atoms with Crippen LogP contribution in [0.2, 0.25) is 0 Å². The van der Waals surface area contributed by atoms with Crippen LogP contribution in [0.3, 0.4) is 0 Å². The molecule has 7 heteroatoms. The molecule has 0 bridgehead atoms. The summed E-state index contributed by atoms with van der Waals surface area (Å²) in [5.74, 6) is 1.26. The fourth-order valence-electron chi connectivity index (χ4n) is 5.85. The van der Waals surface area contributed by atoms with E-state index in [1.165, 1.54) is 29.2 Å². The summed E-state index contributed by atoms with van der Waals surface area (Å²) in [4.78, 5) is 17.4. The van der Waals surface area contributed by atoms with E-state index in [4.69, 9.17) is 14.7 Å². The number of nitrogens with zero attached hydrogens (tertiary/aromatic N) is 6. The van der Waals surface area contributed by atoms with Crippen molar-refractivity contribution in [2.45, 2.75) is 44.3 Å². The van der Waals surface area contributed by atoms with E-state index in [-0.39, 0.29) is 0 Å². The molecule has 0 spiro atoms. The lowest BCUT2D eigenvalue weighted by molar-refractivity contribution is -0.0661. The number of anilines is 1. The van der Waals surface area contributed by atoms with Gasteiger partial charge in [-0.05, 0) is 57.0 Å². The summed E-state index contributed by atoms with van der Waals surface area (Å²) in [5.41, 5.74) is 4.71. The first-order valence-corrected chi connectivity index (χ1v) is 12.4. The Morgan fingerprint density at radius 3 is 2.55 bits per heavy atom. The summed E-state index contributed by atoms with van der Waals surface area (Å²) in [7, 11) is 2.25. The van der Waals surface area contributed by atoms with Gasteiger partial charge in [-0.3, -0.25) is 19.2 Å². The Balaban J connectivity index is 1.25. The smallest absolute Gasteiger partial charge is 0.138 e. The summed E-state index contributed by atoms with van der Waals surface area (Å²) in [5, 5.41) is 0. The first-order valence-electron chi connectivity index (χ1n) is 12.4. The lowest BCUT2D eigenvalue weighted by Crippen LogP contribution is -2.56. The highest BCUT2D eigenvalue weighted by Crippen LogP contribution is 2.40. The van der Waals surface area contributed by atoms with Crippen LogP contribution in [-0.4, -0.2) is 76.7 Å². The third-order valence-electron chi connectivity index (χ3n) is 7.91.